The number of rotatable bonds is 7. The SMILES string of the molecule is CC(C)(C)OC(=O)OCCOc1nc(C2CC2)nc2c(F)cc(N3C(=S)N(c4ccc(C#N)c(C(F)(F)F)c4)C4(CO4)C3(C)C)cc12. The van der Waals surface area contributed by atoms with Crippen molar-refractivity contribution >= 4 is 45.8 Å². The predicted molar refractivity (Wildman–Crippen MR) is 166 cm³/mol. The molecule has 2 saturated heterocycles. The van der Waals surface area contributed by atoms with E-state index in [1.54, 1.807) is 51.7 Å². The number of hydrogen-bond donors (Lipinski definition) is 0. The number of thiocarbonyl (C=S) groups is 1. The molecule has 2 aliphatic heterocycles. The van der Waals surface area contributed by atoms with Crippen LogP contribution in [0.1, 0.15) is 70.3 Å². The van der Waals surface area contributed by atoms with Crippen LogP contribution in [0, 0.1) is 17.1 Å². The second-order valence-corrected chi connectivity index (χ2v) is 13.4. The maximum atomic E-state index is 16.0. The van der Waals surface area contributed by atoms with Crippen molar-refractivity contribution in [2.45, 2.75) is 76.4 Å². The third kappa shape index (κ3) is 5.89. The summed E-state index contributed by atoms with van der Waals surface area (Å²) in [5, 5.41) is 9.58. The highest BCUT2D eigenvalue weighted by molar-refractivity contribution is 7.80. The number of nitrogens with zero attached hydrogens (tertiary/aromatic N) is 5. The van der Waals surface area contributed by atoms with Crippen LogP contribution in [0.25, 0.3) is 10.9 Å². The van der Waals surface area contributed by atoms with Gasteiger partial charge in [-0.2, -0.15) is 23.4 Å². The summed E-state index contributed by atoms with van der Waals surface area (Å²) in [4.78, 5) is 24.1. The number of hydrogen-bond acceptors (Lipinski definition) is 9. The third-order valence-corrected chi connectivity index (χ3v) is 8.58. The van der Waals surface area contributed by atoms with Gasteiger partial charge < -0.3 is 23.8 Å². The van der Waals surface area contributed by atoms with Gasteiger partial charge in [0.15, 0.2) is 16.7 Å². The number of nitriles is 1. The first-order chi connectivity index (χ1) is 22.0. The first-order valence-corrected chi connectivity index (χ1v) is 15.3. The number of ether oxygens (including phenoxy) is 4. The van der Waals surface area contributed by atoms with E-state index < -0.39 is 46.1 Å². The lowest BCUT2D eigenvalue weighted by molar-refractivity contribution is -0.137. The highest BCUT2D eigenvalue weighted by Crippen LogP contribution is 2.55. The van der Waals surface area contributed by atoms with E-state index in [9.17, 15) is 23.2 Å². The number of fused-ring (bicyclic) bond motifs is 1. The molecule has 1 atom stereocenters. The van der Waals surface area contributed by atoms with Crippen LogP contribution in [0.3, 0.4) is 0 Å². The molecule has 0 N–H and O–H groups in total. The van der Waals surface area contributed by atoms with Crippen LogP contribution in [0.2, 0.25) is 0 Å². The summed E-state index contributed by atoms with van der Waals surface area (Å²) in [5.41, 5.74) is -4.19. The number of anilines is 2. The van der Waals surface area contributed by atoms with E-state index in [4.69, 9.17) is 31.2 Å². The number of carbonyl (C=O) groups excluding carboxylic acids is 1. The summed E-state index contributed by atoms with van der Waals surface area (Å²) in [5.74, 6) is -0.109. The lowest BCUT2D eigenvalue weighted by atomic mass is 9.93. The van der Waals surface area contributed by atoms with E-state index in [2.05, 4.69) is 9.97 Å². The summed E-state index contributed by atoms with van der Waals surface area (Å²) in [7, 11) is 0. The number of benzene rings is 2. The largest absolute Gasteiger partial charge is 0.508 e. The zero-order valence-electron chi connectivity index (χ0n) is 26.2. The molecule has 6 rings (SSSR count). The number of carbonyl (C=O) groups is 1. The Hall–Kier alpha value is -4.29. The molecule has 1 spiro atoms. The smallest absolute Gasteiger partial charge is 0.474 e. The molecule has 248 valence electrons. The van der Waals surface area contributed by atoms with Gasteiger partial charge in [0.25, 0.3) is 0 Å². The van der Waals surface area contributed by atoms with Crippen molar-refractivity contribution in [1.82, 2.24) is 9.97 Å². The molecule has 3 aliphatic rings. The molecule has 2 aromatic carbocycles. The lowest BCUT2D eigenvalue weighted by Crippen LogP contribution is -2.50. The fourth-order valence-corrected chi connectivity index (χ4v) is 6.31. The number of epoxide rings is 1. The molecular formula is C32H31F4N5O5S. The van der Waals surface area contributed by atoms with Gasteiger partial charge in [-0.3, -0.25) is 4.90 Å². The average molecular weight is 674 g/mol. The van der Waals surface area contributed by atoms with E-state index in [0.29, 0.717) is 5.82 Å². The summed E-state index contributed by atoms with van der Waals surface area (Å²) in [6, 6.07) is 7.78. The quantitative estimate of drug-likeness (QED) is 0.0851. The highest BCUT2D eigenvalue weighted by atomic mass is 32.1. The van der Waals surface area contributed by atoms with Crippen molar-refractivity contribution in [3.63, 3.8) is 0 Å². The van der Waals surface area contributed by atoms with Crippen molar-refractivity contribution in [2.75, 3.05) is 29.6 Å². The summed E-state index contributed by atoms with van der Waals surface area (Å²) in [6.45, 7) is 8.56. The van der Waals surface area contributed by atoms with Crippen LogP contribution in [0.15, 0.2) is 30.3 Å². The maximum absolute atomic E-state index is 16.0. The first kappa shape index (κ1) is 32.6. The number of aromatic nitrogens is 2. The van der Waals surface area contributed by atoms with Gasteiger partial charge in [0.1, 0.15) is 36.8 Å². The van der Waals surface area contributed by atoms with Crippen LogP contribution >= 0.6 is 12.2 Å². The molecule has 1 saturated carbocycles. The Morgan fingerprint density at radius 1 is 1.11 bits per heavy atom. The molecule has 10 nitrogen and oxygen atoms in total. The normalized spacial score (nSPS) is 20.5. The molecule has 15 heteroatoms. The fraction of sp³-hybridized carbons (Fsp3) is 0.469. The molecule has 1 aliphatic carbocycles. The Labute approximate surface area is 273 Å². The van der Waals surface area contributed by atoms with Gasteiger partial charge in [0, 0.05) is 17.3 Å². The summed E-state index contributed by atoms with van der Waals surface area (Å²) >= 11 is 5.85. The van der Waals surface area contributed by atoms with Gasteiger partial charge in [-0.1, -0.05) is 0 Å². The standard InChI is InChI=1S/C32H31F4N5O5S/c1-29(2,3)46-28(42)44-11-10-43-26-21-12-20(14-23(33)24(21)38-25(39-26)17-6-7-17)40-27(47)41(31(16-45-31)30(40,4)5)19-9-8-18(15-37)22(13-19)32(34,35)36/h8-9,12-14,17H,6-7,10-11,16H2,1-5H3. The van der Waals surface area contributed by atoms with Gasteiger partial charge in [0.05, 0.1) is 28.1 Å². The van der Waals surface area contributed by atoms with Crippen molar-refractivity contribution in [1.29, 1.82) is 5.26 Å². The molecule has 47 heavy (non-hydrogen) atoms. The average Bonchev–Trinajstić information content (AvgIpc) is 3.89. The first-order valence-electron chi connectivity index (χ1n) is 14.9. The molecule has 1 unspecified atom stereocenters. The van der Waals surface area contributed by atoms with Crippen molar-refractivity contribution in [3.05, 3.63) is 53.1 Å². The van der Waals surface area contributed by atoms with E-state index >= 15 is 4.39 Å². The molecule has 3 heterocycles. The zero-order chi connectivity index (χ0) is 34.1. The van der Waals surface area contributed by atoms with Crippen LogP contribution in [0.4, 0.5) is 33.7 Å². The van der Waals surface area contributed by atoms with E-state index in [1.807, 2.05) is 0 Å². The Kier molecular flexibility index (Phi) is 7.75. The lowest BCUT2D eigenvalue weighted by Gasteiger charge is -2.34. The zero-order valence-corrected chi connectivity index (χ0v) is 27.0. The number of halogens is 4. The number of alkyl halides is 3. The highest BCUT2D eigenvalue weighted by Gasteiger charge is 2.70. The van der Waals surface area contributed by atoms with Gasteiger partial charge in [-0.15, -0.1) is 0 Å². The summed E-state index contributed by atoms with van der Waals surface area (Å²) < 4.78 is 79.7. The molecule has 1 aromatic heterocycles. The van der Waals surface area contributed by atoms with Gasteiger partial charge in [-0.05, 0) is 90.0 Å². The van der Waals surface area contributed by atoms with Crippen LogP contribution in [0.5, 0.6) is 5.88 Å². The minimum atomic E-state index is -4.79. The van der Waals surface area contributed by atoms with Gasteiger partial charge in [-0.25, -0.2) is 14.2 Å². The predicted octanol–water partition coefficient (Wildman–Crippen LogP) is 6.98. The van der Waals surface area contributed by atoms with Crippen LogP contribution in [-0.2, 0) is 20.4 Å². The Morgan fingerprint density at radius 2 is 1.81 bits per heavy atom. The minimum Gasteiger partial charge on any atom is -0.474 e. The monoisotopic (exact) mass is 673 g/mol. The van der Waals surface area contributed by atoms with Gasteiger partial charge >= 0.3 is 12.3 Å². The summed E-state index contributed by atoms with van der Waals surface area (Å²) in [6.07, 6.45) is -3.95. The third-order valence-electron chi connectivity index (χ3n) is 8.22. The van der Waals surface area contributed by atoms with Crippen LogP contribution < -0.4 is 14.5 Å². The van der Waals surface area contributed by atoms with E-state index in [0.717, 1.165) is 25.0 Å². The minimum absolute atomic E-state index is 0.0211. The fourth-order valence-electron chi connectivity index (χ4n) is 5.72. The van der Waals surface area contributed by atoms with E-state index in [1.165, 1.54) is 17.0 Å². The molecule has 0 radical (unpaired) electrons. The van der Waals surface area contributed by atoms with Crippen molar-refractivity contribution in [2.24, 2.45) is 0 Å². The van der Waals surface area contributed by atoms with E-state index in [-0.39, 0.29) is 59.0 Å². The Balaban J connectivity index is 1.36. The molecular weight excluding hydrogens is 642 g/mol. The Bertz CT molecular complexity index is 1830. The molecule has 3 fully saturated rings. The molecule has 3 aromatic rings. The molecule has 0 bridgehead atoms. The van der Waals surface area contributed by atoms with Crippen molar-refractivity contribution < 1.29 is 41.3 Å². The molecule has 0 amide bonds. The van der Waals surface area contributed by atoms with Gasteiger partial charge in [0.2, 0.25) is 5.88 Å². The second kappa shape index (κ2) is 11.2. The van der Waals surface area contributed by atoms with Crippen LogP contribution in [-0.4, -0.2) is 57.9 Å². The maximum Gasteiger partial charge on any atom is 0.508 e. The van der Waals surface area contributed by atoms with Crippen molar-refractivity contribution in [3.8, 4) is 11.9 Å². The Morgan fingerprint density at radius 3 is 2.40 bits per heavy atom. The topological polar surface area (TPSA) is 113 Å². The second-order valence-electron chi connectivity index (χ2n) is 13.1.